The van der Waals surface area contributed by atoms with E-state index in [1.807, 2.05) is 0 Å². The fraction of sp³-hybridized carbons (Fsp3) is 0.200. The smallest absolute Gasteiger partial charge is 0.240 e. The number of hydrogen-bond acceptors (Lipinski definition) is 5. The van der Waals surface area contributed by atoms with Gasteiger partial charge >= 0.3 is 0 Å². The number of nitrogens with zero attached hydrogens (tertiary/aromatic N) is 2. The number of ketones is 1. The van der Waals surface area contributed by atoms with E-state index in [0.717, 1.165) is 11.0 Å². The van der Waals surface area contributed by atoms with Gasteiger partial charge in [-0.15, -0.1) is 0 Å². The third-order valence-corrected chi connectivity index (χ3v) is 4.45. The summed E-state index contributed by atoms with van der Waals surface area (Å²) in [7, 11) is 0. The molecule has 7 nitrogen and oxygen atoms in total. The zero-order chi connectivity index (χ0) is 19.3. The molecule has 4 aromatic rings. The van der Waals surface area contributed by atoms with Crippen molar-refractivity contribution in [2.24, 2.45) is 5.41 Å². The number of aromatic nitrogens is 3. The number of imidazole rings is 1. The van der Waals surface area contributed by atoms with Crippen molar-refractivity contribution in [1.82, 2.24) is 14.5 Å². The highest BCUT2D eigenvalue weighted by molar-refractivity contribution is 6.08. The lowest BCUT2D eigenvalue weighted by Crippen LogP contribution is -2.20. The van der Waals surface area contributed by atoms with E-state index in [4.69, 9.17) is 4.42 Å². The minimum atomic E-state index is -0.759. The molecule has 0 spiro atoms. The maximum atomic E-state index is 13.0. The number of nitrogens with one attached hydrogen (secondary N) is 1. The first kappa shape index (κ1) is 17.0. The van der Waals surface area contributed by atoms with Gasteiger partial charge in [0.2, 0.25) is 5.88 Å². The molecule has 0 atom stereocenters. The van der Waals surface area contributed by atoms with Gasteiger partial charge in [0.15, 0.2) is 17.3 Å². The average Bonchev–Trinajstić information content (AvgIpc) is 3.33. The zero-order valence-electron chi connectivity index (χ0n) is 15.1. The Hall–Kier alpha value is -3.48. The number of Topliss-reactive ketones (excluding diaryl/α,β-unsaturated/α-hetero) is 1. The van der Waals surface area contributed by atoms with Gasteiger partial charge in [-0.1, -0.05) is 20.8 Å². The maximum absolute atomic E-state index is 13.0. The summed E-state index contributed by atoms with van der Waals surface area (Å²) in [6.45, 7) is 5.27. The van der Waals surface area contributed by atoms with E-state index in [9.17, 15) is 15.0 Å². The van der Waals surface area contributed by atoms with E-state index in [2.05, 4.69) is 9.97 Å². The molecule has 0 unspecified atom stereocenters. The van der Waals surface area contributed by atoms with E-state index >= 15 is 0 Å². The van der Waals surface area contributed by atoms with Crippen LogP contribution in [-0.4, -0.2) is 30.5 Å². The van der Waals surface area contributed by atoms with Crippen molar-refractivity contribution < 1.29 is 19.4 Å². The molecule has 4 rings (SSSR count). The van der Waals surface area contributed by atoms with E-state index in [-0.39, 0.29) is 11.3 Å². The maximum Gasteiger partial charge on any atom is 0.240 e. The molecule has 0 radical (unpaired) electrons. The summed E-state index contributed by atoms with van der Waals surface area (Å²) in [6.07, 6.45) is 3.05. The lowest BCUT2D eigenvalue weighted by Gasteiger charge is -2.17. The number of aromatic hydroxyl groups is 2. The van der Waals surface area contributed by atoms with Gasteiger partial charge in [-0.3, -0.25) is 9.36 Å². The molecule has 0 fully saturated rings. The van der Waals surface area contributed by atoms with Crippen LogP contribution in [0.2, 0.25) is 0 Å². The number of benzene rings is 1. The quantitative estimate of drug-likeness (QED) is 0.471. The van der Waals surface area contributed by atoms with Crippen molar-refractivity contribution in [3.05, 3.63) is 48.5 Å². The van der Waals surface area contributed by atoms with Crippen LogP contribution in [0.3, 0.4) is 0 Å². The van der Waals surface area contributed by atoms with Gasteiger partial charge < -0.3 is 19.6 Å². The van der Waals surface area contributed by atoms with Crippen molar-refractivity contribution in [3.63, 3.8) is 0 Å². The van der Waals surface area contributed by atoms with Gasteiger partial charge in [0, 0.05) is 5.41 Å². The molecule has 3 heterocycles. The summed E-state index contributed by atoms with van der Waals surface area (Å²) in [6, 6.07) is 8.68. The first-order chi connectivity index (χ1) is 12.8. The highest BCUT2D eigenvalue weighted by Crippen LogP contribution is 2.45. The molecule has 0 aliphatic carbocycles. The minimum Gasteiger partial charge on any atom is -0.503 e. The van der Waals surface area contributed by atoms with Gasteiger partial charge in [-0.25, -0.2) is 4.98 Å². The Morgan fingerprint density at radius 1 is 1.22 bits per heavy atom. The van der Waals surface area contributed by atoms with Crippen molar-refractivity contribution in [2.75, 3.05) is 0 Å². The predicted molar refractivity (Wildman–Crippen MR) is 100 cm³/mol. The highest BCUT2D eigenvalue weighted by atomic mass is 16.3. The topological polar surface area (TPSA) is 104 Å². The largest absolute Gasteiger partial charge is 0.503 e. The standard InChI is InChI=1S/C20H19N3O4/c1-20(2,3)18(25)15-16(14-5-4-8-27-14)23(19(26)17(15)24)11-6-7-12-13(9-11)22-10-21-12/h4-10,24,26H,1-3H3,(H,21,22). The molecule has 27 heavy (non-hydrogen) atoms. The molecule has 3 N–H and O–H groups in total. The van der Waals surface area contributed by atoms with Crippen LogP contribution < -0.4 is 0 Å². The molecule has 3 aromatic heterocycles. The first-order valence-corrected chi connectivity index (χ1v) is 8.48. The Kier molecular flexibility index (Phi) is 3.62. The van der Waals surface area contributed by atoms with E-state index in [1.165, 1.54) is 10.8 Å². The Bertz CT molecular complexity index is 1140. The third kappa shape index (κ3) is 2.59. The predicted octanol–water partition coefficient (Wildman–Crippen LogP) is 4.25. The van der Waals surface area contributed by atoms with Crippen LogP contribution in [0, 0.1) is 5.41 Å². The molecule has 0 saturated heterocycles. The molecule has 0 aliphatic heterocycles. The van der Waals surface area contributed by atoms with Crippen molar-refractivity contribution >= 4 is 16.8 Å². The minimum absolute atomic E-state index is 0.0275. The summed E-state index contributed by atoms with van der Waals surface area (Å²) in [5.74, 6) is -0.829. The molecular formula is C20H19N3O4. The molecule has 1 aromatic carbocycles. The zero-order valence-corrected chi connectivity index (χ0v) is 15.1. The Balaban J connectivity index is 2.06. The lowest BCUT2D eigenvalue weighted by molar-refractivity contribution is 0.0856. The van der Waals surface area contributed by atoms with Crippen molar-refractivity contribution in [1.29, 1.82) is 0 Å². The van der Waals surface area contributed by atoms with Crippen molar-refractivity contribution in [3.8, 4) is 28.8 Å². The van der Waals surface area contributed by atoms with Crippen LogP contribution in [-0.2, 0) is 0 Å². The molecule has 7 heteroatoms. The fourth-order valence-corrected chi connectivity index (χ4v) is 3.10. The molecular weight excluding hydrogens is 346 g/mol. The van der Waals surface area contributed by atoms with Crippen LogP contribution in [0.1, 0.15) is 31.1 Å². The van der Waals surface area contributed by atoms with Crippen LogP contribution in [0.25, 0.3) is 28.2 Å². The monoisotopic (exact) mass is 365 g/mol. The Labute approximate surface area is 154 Å². The normalized spacial score (nSPS) is 12.0. The van der Waals surface area contributed by atoms with Crippen LogP contribution in [0.15, 0.2) is 47.3 Å². The molecule has 0 amide bonds. The number of fused-ring (bicyclic) bond motifs is 1. The summed E-state index contributed by atoms with van der Waals surface area (Å²) < 4.78 is 6.92. The van der Waals surface area contributed by atoms with Gasteiger partial charge in [0.05, 0.1) is 34.9 Å². The second kappa shape index (κ2) is 5.77. The van der Waals surface area contributed by atoms with Crippen LogP contribution in [0.4, 0.5) is 0 Å². The van der Waals surface area contributed by atoms with Gasteiger partial charge in [0.1, 0.15) is 5.69 Å². The van der Waals surface area contributed by atoms with Crippen LogP contribution in [0.5, 0.6) is 11.6 Å². The summed E-state index contributed by atoms with van der Waals surface area (Å²) in [5, 5.41) is 21.3. The molecule has 138 valence electrons. The average molecular weight is 365 g/mol. The number of carbonyl (C=O) groups excluding carboxylic acids is 1. The summed E-state index contributed by atoms with van der Waals surface area (Å²) in [5.41, 5.74) is 1.65. The summed E-state index contributed by atoms with van der Waals surface area (Å²) in [4.78, 5) is 20.2. The van der Waals surface area contributed by atoms with Gasteiger partial charge in [-0.05, 0) is 30.3 Å². The highest BCUT2D eigenvalue weighted by Gasteiger charge is 2.35. The second-order valence-corrected chi connectivity index (χ2v) is 7.39. The molecule has 0 bridgehead atoms. The number of rotatable bonds is 3. The van der Waals surface area contributed by atoms with Crippen LogP contribution >= 0.6 is 0 Å². The number of furan rings is 1. The summed E-state index contributed by atoms with van der Waals surface area (Å²) >= 11 is 0. The molecule has 0 aliphatic rings. The van der Waals surface area contributed by atoms with Crippen molar-refractivity contribution in [2.45, 2.75) is 20.8 Å². The number of hydrogen-bond donors (Lipinski definition) is 3. The number of aromatic amines is 1. The van der Waals surface area contributed by atoms with E-state index in [1.54, 1.807) is 57.4 Å². The third-order valence-electron chi connectivity index (χ3n) is 4.45. The Morgan fingerprint density at radius 2 is 2.00 bits per heavy atom. The Morgan fingerprint density at radius 3 is 2.67 bits per heavy atom. The van der Waals surface area contributed by atoms with Gasteiger partial charge in [0.25, 0.3) is 0 Å². The van der Waals surface area contributed by atoms with E-state index < -0.39 is 17.0 Å². The first-order valence-electron chi connectivity index (χ1n) is 8.48. The second-order valence-electron chi connectivity index (χ2n) is 7.39. The number of H-pyrrole nitrogens is 1. The van der Waals surface area contributed by atoms with Gasteiger partial charge in [-0.2, -0.15) is 0 Å². The number of carbonyl (C=O) groups is 1. The van der Waals surface area contributed by atoms with E-state index in [0.29, 0.717) is 17.1 Å². The lowest BCUT2D eigenvalue weighted by atomic mass is 9.86. The fourth-order valence-electron chi connectivity index (χ4n) is 3.10. The SMILES string of the molecule is CC(C)(C)C(=O)c1c(O)c(O)n(-c2ccc3nc[nH]c3c2)c1-c1ccco1. The molecule has 0 saturated carbocycles.